The zero-order chi connectivity index (χ0) is 15.9. The summed E-state index contributed by atoms with van der Waals surface area (Å²) in [6.07, 6.45) is 2.65. The standard InChI is InChI=1S/C15H19BrF2O2/c1-9(16)8-11-10(6-7-12(19)20)13(2,3)15(17,18)14(11,4)5/h6,8H,1,7H2,2-5H3,(H,19,20)/b10-6+,11-8+. The Hall–Kier alpha value is -0.970. The lowest BCUT2D eigenvalue weighted by atomic mass is 9.78. The minimum Gasteiger partial charge on any atom is -0.481 e. The number of hydrogen-bond acceptors (Lipinski definition) is 1. The van der Waals surface area contributed by atoms with E-state index in [1.54, 1.807) is 6.08 Å². The average Bonchev–Trinajstić information content (AvgIpc) is 2.33. The predicted molar refractivity (Wildman–Crippen MR) is 79.0 cm³/mol. The Morgan fingerprint density at radius 2 is 1.70 bits per heavy atom. The summed E-state index contributed by atoms with van der Waals surface area (Å²) in [5, 5.41) is 8.79. The van der Waals surface area contributed by atoms with Gasteiger partial charge in [-0.3, -0.25) is 4.79 Å². The Morgan fingerprint density at radius 1 is 1.25 bits per heavy atom. The van der Waals surface area contributed by atoms with Crippen molar-refractivity contribution in [1.82, 2.24) is 0 Å². The second-order valence-electron chi connectivity index (χ2n) is 6.04. The third-order valence-corrected chi connectivity index (χ3v) is 4.22. The van der Waals surface area contributed by atoms with E-state index in [4.69, 9.17) is 5.11 Å². The molecule has 5 heteroatoms. The molecule has 0 unspecified atom stereocenters. The third kappa shape index (κ3) is 2.48. The molecule has 0 aliphatic heterocycles. The van der Waals surface area contributed by atoms with Crippen molar-refractivity contribution in [3.63, 3.8) is 0 Å². The Balaban J connectivity index is 3.56. The molecule has 1 aliphatic carbocycles. The number of rotatable bonds is 3. The highest BCUT2D eigenvalue weighted by Gasteiger charge is 2.66. The van der Waals surface area contributed by atoms with Gasteiger partial charge in [-0.15, -0.1) is 0 Å². The number of aliphatic carboxylic acids is 1. The molecule has 112 valence electrons. The number of allylic oxidation sites excluding steroid dienone is 4. The van der Waals surface area contributed by atoms with Crippen LogP contribution in [0.4, 0.5) is 8.78 Å². The molecule has 20 heavy (non-hydrogen) atoms. The van der Waals surface area contributed by atoms with Gasteiger partial charge in [0.15, 0.2) is 0 Å². The largest absolute Gasteiger partial charge is 0.481 e. The van der Waals surface area contributed by atoms with Gasteiger partial charge in [-0.25, -0.2) is 8.78 Å². The minimum atomic E-state index is -2.99. The molecule has 0 radical (unpaired) electrons. The molecule has 0 amide bonds. The smallest absolute Gasteiger partial charge is 0.307 e. The van der Waals surface area contributed by atoms with Crippen LogP contribution in [0.25, 0.3) is 0 Å². The number of halogens is 3. The lowest BCUT2D eigenvalue weighted by Crippen LogP contribution is -2.41. The summed E-state index contributed by atoms with van der Waals surface area (Å²) in [6.45, 7) is 9.49. The van der Waals surface area contributed by atoms with E-state index in [9.17, 15) is 13.6 Å². The van der Waals surface area contributed by atoms with E-state index in [1.807, 2.05) is 0 Å². The Morgan fingerprint density at radius 3 is 2.10 bits per heavy atom. The number of carboxylic acids is 1. The van der Waals surface area contributed by atoms with Crippen LogP contribution in [0.5, 0.6) is 0 Å². The molecule has 0 atom stereocenters. The van der Waals surface area contributed by atoms with Crippen LogP contribution < -0.4 is 0 Å². The summed E-state index contributed by atoms with van der Waals surface area (Å²) in [4.78, 5) is 10.7. The zero-order valence-corrected chi connectivity index (χ0v) is 13.6. The Kier molecular flexibility index (Phi) is 4.35. The molecule has 0 aromatic heterocycles. The van der Waals surface area contributed by atoms with Crippen molar-refractivity contribution >= 4 is 21.9 Å². The van der Waals surface area contributed by atoms with Gasteiger partial charge < -0.3 is 5.11 Å². The van der Waals surface area contributed by atoms with Crippen molar-refractivity contribution in [2.45, 2.75) is 40.0 Å². The average molecular weight is 349 g/mol. The maximum atomic E-state index is 14.7. The molecule has 1 N–H and O–H groups in total. The van der Waals surface area contributed by atoms with Gasteiger partial charge in [0.25, 0.3) is 5.92 Å². The number of carboxylic acid groups (broad SMARTS) is 1. The first-order valence-corrected chi connectivity index (χ1v) is 7.02. The van der Waals surface area contributed by atoms with Crippen LogP contribution in [-0.4, -0.2) is 17.0 Å². The van der Waals surface area contributed by atoms with Gasteiger partial charge in [-0.2, -0.15) is 0 Å². The van der Waals surface area contributed by atoms with E-state index in [-0.39, 0.29) is 6.42 Å². The molecule has 0 bridgehead atoms. The fourth-order valence-electron chi connectivity index (χ4n) is 2.76. The summed E-state index contributed by atoms with van der Waals surface area (Å²) < 4.78 is 29.9. The zero-order valence-electron chi connectivity index (χ0n) is 12.1. The van der Waals surface area contributed by atoms with Crippen molar-refractivity contribution in [2.75, 3.05) is 0 Å². The molecule has 0 aromatic carbocycles. The van der Waals surface area contributed by atoms with E-state index in [1.165, 1.54) is 33.8 Å². The first-order chi connectivity index (χ1) is 8.85. The van der Waals surface area contributed by atoms with Gasteiger partial charge in [0.2, 0.25) is 0 Å². The highest BCUT2D eigenvalue weighted by molar-refractivity contribution is 9.11. The molecular formula is C15H19BrF2O2. The first kappa shape index (κ1) is 17.1. The van der Waals surface area contributed by atoms with Crippen LogP contribution in [0.1, 0.15) is 34.1 Å². The summed E-state index contributed by atoms with van der Waals surface area (Å²) in [6, 6.07) is 0. The summed E-state index contributed by atoms with van der Waals surface area (Å²) >= 11 is 3.16. The highest BCUT2D eigenvalue weighted by Crippen LogP contribution is 2.65. The molecule has 1 fully saturated rings. The van der Waals surface area contributed by atoms with Gasteiger partial charge >= 0.3 is 5.97 Å². The number of hydrogen-bond donors (Lipinski definition) is 1. The van der Waals surface area contributed by atoms with Crippen molar-refractivity contribution in [3.8, 4) is 0 Å². The van der Waals surface area contributed by atoms with Crippen molar-refractivity contribution in [1.29, 1.82) is 0 Å². The van der Waals surface area contributed by atoms with Crippen LogP contribution in [0.3, 0.4) is 0 Å². The second-order valence-corrected chi connectivity index (χ2v) is 7.06. The normalized spacial score (nSPS) is 26.9. The fourth-order valence-corrected chi connectivity index (χ4v) is 2.99. The molecular weight excluding hydrogens is 330 g/mol. The van der Waals surface area contributed by atoms with Gasteiger partial charge in [0.05, 0.1) is 17.3 Å². The highest BCUT2D eigenvalue weighted by atomic mass is 79.9. The van der Waals surface area contributed by atoms with Gasteiger partial charge in [0, 0.05) is 4.48 Å². The van der Waals surface area contributed by atoms with E-state index < -0.39 is 22.7 Å². The lowest BCUT2D eigenvalue weighted by molar-refractivity contribution is -0.137. The lowest BCUT2D eigenvalue weighted by Gasteiger charge is -2.34. The topological polar surface area (TPSA) is 37.3 Å². The van der Waals surface area contributed by atoms with E-state index in [2.05, 4.69) is 22.5 Å². The molecule has 0 heterocycles. The summed E-state index contributed by atoms with van der Waals surface area (Å²) in [5.41, 5.74) is -2.02. The maximum absolute atomic E-state index is 14.7. The van der Waals surface area contributed by atoms with Crippen LogP contribution in [-0.2, 0) is 4.79 Å². The van der Waals surface area contributed by atoms with Crippen LogP contribution >= 0.6 is 15.9 Å². The van der Waals surface area contributed by atoms with E-state index >= 15 is 0 Å². The molecule has 1 rings (SSSR count). The number of alkyl halides is 2. The fraction of sp³-hybridized carbons (Fsp3) is 0.533. The SMILES string of the molecule is C=C(Br)/C=C1\C(=C/CC(=O)O)C(C)(C)C(F)(F)C1(C)C. The van der Waals surface area contributed by atoms with Crippen molar-refractivity contribution in [2.24, 2.45) is 10.8 Å². The third-order valence-electron chi connectivity index (χ3n) is 3.99. The first-order valence-electron chi connectivity index (χ1n) is 6.23. The maximum Gasteiger partial charge on any atom is 0.307 e. The Labute approximate surface area is 126 Å². The molecule has 0 spiro atoms. The molecule has 1 aliphatic rings. The summed E-state index contributed by atoms with van der Waals surface area (Å²) in [5.74, 6) is -4.03. The summed E-state index contributed by atoms with van der Waals surface area (Å²) in [7, 11) is 0. The second kappa shape index (κ2) is 5.10. The van der Waals surface area contributed by atoms with Crippen molar-refractivity contribution in [3.05, 3.63) is 34.4 Å². The molecule has 0 saturated heterocycles. The van der Waals surface area contributed by atoms with Crippen molar-refractivity contribution < 1.29 is 18.7 Å². The molecule has 0 aromatic rings. The van der Waals surface area contributed by atoms with E-state index in [0.29, 0.717) is 15.6 Å². The minimum absolute atomic E-state index is 0.281. The van der Waals surface area contributed by atoms with Crippen LogP contribution in [0.15, 0.2) is 34.4 Å². The predicted octanol–water partition coefficient (Wildman–Crippen LogP) is 4.92. The molecule has 1 saturated carbocycles. The molecule has 2 nitrogen and oxygen atoms in total. The number of carbonyl (C=O) groups is 1. The van der Waals surface area contributed by atoms with E-state index in [0.717, 1.165) is 0 Å². The quantitative estimate of drug-likeness (QED) is 0.785. The Bertz CT molecular complexity index is 514. The monoisotopic (exact) mass is 348 g/mol. The van der Waals surface area contributed by atoms with Crippen LogP contribution in [0.2, 0.25) is 0 Å². The van der Waals surface area contributed by atoms with Gasteiger partial charge in [-0.1, -0.05) is 28.6 Å². The van der Waals surface area contributed by atoms with Crippen LogP contribution in [0, 0.1) is 10.8 Å². The van der Waals surface area contributed by atoms with Gasteiger partial charge in [0.1, 0.15) is 0 Å². The van der Waals surface area contributed by atoms with Gasteiger partial charge in [-0.05, 0) is 44.9 Å².